The summed E-state index contributed by atoms with van der Waals surface area (Å²) in [4.78, 5) is 17.0. The summed E-state index contributed by atoms with van der Waals surface area (Å²) in [7, 11) is 1.59. The van der Waals surface area contributed by atoms with Crippen molar-refractivity contribution >= 4 is 34.2 Å². The minimum absolute atomic E-state index is 0.213. The maximum atomic E-state index is 13.3. The molecule has 2 N–H and O–H groups in total. The smallest absolute Gasteiger partial charge is 0.319 e. The van der Waals surface area contributed by atoms with Crippen molar-refractivity contribution in [3.63, 3.8) is 0 Å². The summed E-state index contributed by atoms with van der Waals surface area (Å²) >= 11 is 6.10. The monoisotopic (exact) mass is 435 g/mol. The van der Waals surface area contributed by atoms with Crippen LogP contribution in [0.3, 0.4) is 0 Å². The van der Waals surface area contributed by atoms with E-state index in [0.29, 0.717) is 22.0 Å². The fraction of sp³-hybridized carbons (Fsp3) is 0.0833. The normalized spacial score (nSPS) is 10.7. The van der Waals surface area contributed by atoms with Crippen molar-refractivity contribution in [1.82, 2.24) is 10.3 Å². The van der Waals surface area contributed by atoms with Gasteiger partial charge in [0.15, 0.2) is 0 Å². The van der Waals surface area contributed by atoms with Gasteiger partial charge in [-0.1, -0.05) is 35.9 Å². The molecule has 3 aromatic carbocycles. The Labute approximate surface area is 183 Å². The van der Waals surface area contributed by atoms with E-state index < -0.39 is 6.03 Å². The van der Waals surface area contributed by atoms with Gasteiger partial charge >= 0.3 is 6.03 Å². The maximum Gasteiger partial charge on any atom is 0.319 e. The largest absolute Gasteiger partial charge is 0.496 e. The first-order chi connectivity index (χ1) is 15.0. The molecular formula is C24H19ClFN3O2. The van der Waals surface area contributed by atoms with Crippen LogP contribution in [0.1, 0.15) is 5.56 Å². The zero-order valence-corrected chi connectivity index (χ0v) is 17.4. The molecule has 0 unspecified atom stereocenters. The number of pyridine rings is 1. The summed E-state index contributed by atoms with van der Waals surface area (Å²) in [5, 5.41) is 6.88. The Balaban J connectivity index is 1.54. The second-order valence-electron chi connectivity index (χ2n) is 6.89. The first-order valence-electron chi connectivity index (χ1n) is 9.56. The third-order valence-corrected chi connectivity index (χ3v) is 4.95. The number of ether oxygens (including phenoxy) is 1. The lowest BCUT2D eigenvalue weighted by molar-refractivity contribution is 0.251. The number of urea groups is 1. The van der Waals surface area contributed by atoms with Gasteiger partial charge in [0.2, 0.25) is 0 Å². The van der Waals surface area contributed by atoms with Crippen LogP contribution in [-0.4, -0.2) is 18.1 Å². The molecule has 2 amide bonds. The van der Waals surface area contributed by atoms with Crippen LogP contribution in [0.2, 0.25) is 5.02 Å². The Morgan fingerprint density at radius 2 is 1.90 bits per heavy atom. The van der Waals surface area contributed by atoms with Crippen LogP contribution in [0.25, 0.3) is 22.2 Å². The van der Waals surface area contributed by atoms with Crippen LogP contribution < -0.4 is 15.4 Å². The molecule has 31 heavy (non-hydrogen) atoms. The highest BCUT2D eigenvalue weighted by atomic mass is 35.5. The maximum absolute atomic E-state index is 13.3. The van der Waals surface area contributed by atoms with Crippen LogP contribution >= 0.6 is 11.6 Å². The van der Waals surface area contributed by atoms with Crippen molar-refractivity contribution in [3.05, 3.63) is 89.2 Å². The van der Waals surface area contributed by atoms with E-state index in [9.17, 15) is 9.18 Å². The molecule has 0 aliphatic rings. The van der Waals surface area contributed by atoms with Gasteiger partial charge < -0.3 is 15.4 Å². The highest BCUT2D eigenvalue weighted by Crippen LogP contribution is 2.32. The number of aromatic nitrogens is 1. The van der Waals surface area contributed by atoms with Crippen LogP contribution in [0.5, 0.6) is 5.75 Å². The van der Waals surface area contributed by atoms with Gasteiger partial charge in [-0.25, -0.2) is 14.2 Å². The molecule has 0 saturated carbocycles. The number of benzene rings is 3. The zero-order valence-electron chi connectivity index (χ0n) is 16.7. The third kappa shape index (κ3) is 4.92. The summed E-state index contributed by atoms with van der Waals surface area (Å²) in [5.41, 5.74) is 3.60. The summed E-state index contributed by atoms with van der Waals surface area (Å²) in [6, 6.07) is 20.3. The number of hydrogen-bond acceptors (Lipinski definition) is 3. The number of amides is 2. The van der Waals surface area contributed by atoms with E-state index >= 15 is 0 Å². The van der Waals surface area contributed by atoms with Crippen molar-refractivity contribution in [2.45, 2.75) is 6.54 Å². The Morgan fingerprint density at radius 1 is 1.06 bits per heavy atom. The van der Waals surface area contributed by atoms with Gasteiger partial charge in [0.05, 0.1) is 18.3 Å². The lowest BCUT2D eigenvalue weighted by atomic mass is 10.1. The zero-order chi connectivity index (χ0) is 21.8. The second kappa shape index (κ2) is 9.02. The number of nitrogens with zero attached hydrogens (tertiary/aromatic N) is 1. The van der Waals surface area contributed by atoms with Crippen molar-refractivity contribution in [1.29, 1.82) is 0 Å². The van der Waals surface area contributed by atoms with Crippen molar-refractivity contribution in [2.75, 3.05) is 12.4 Å². The van der Waals surface area contributed by atoms with Gasteiger partial charge in [-0.2, -0.15) is 0 Å². The Morgan fingerprint density at radius 3 is 2.68 bits per heavy atom. The van der Waals surface area contributed by atoms with Crippen molar-refractivity contribution in [3.8, 4) is 17.0 Å². The molecular weight excluding hydrogens is 417 g/mol. The molecule has 0 bridgehead atoms. The minimum atomic E-state index is -0.397. The number of carbonyl (C=O) groups is 1. The van der Waals surface area contributed by atoms with Gasteiger partial charge in [-0.15, -0.1) is 0 Å². The average molecular weight is 436 g/mol. The molecule has 1 aromatic heterocycles. The Hall–Kier alpha value is -3.64. The molecule has 156 valence electrons. The number of rotatable bonds is 5. The molecule has 7 heteroatoms. The Kier molecular flexibility index (Phi) is 6.00. The van der Waals surface area contributed by atoms with Crippen LogP contribution in [0, 0.1) is 5.82 Å². The van der Waals surface area contributed by atoms with Crippen molar-refractivity contribution in [2.24, 2.45) is 0 Å². The fourth-order valence-corrected chi connectivity index (χ4v) is 3.43. The molecule has 0 radical (unpaired) electrons. The summed E-state index contributed by atoms with van der Waals surface area (Å²) < 4.78 is 18.8. The predicted molar refractivity (Wildman–Crippen MR) is 121 cm³/mol. The molecule has 0 aliphatic heterocycles. The molecule has 0 aliphatic carbocycles. The molecule has 0 spiro atoms. The molecule has 4 rings (SSSR count). The highest BCUT2D eigenvalue weighted by Gasteiger charge is 2.11. The second-order valence-corrected chi connectivity index (χ2v) is 7.33. The quantitative estimate of drug-likeness (QED) is 0.402. The van der Waals surface area contributed by atoms with Gasteiger partial charge in [-0.3, -0.25) is 0 Å². The number of hydrogen-bond donors (Lipinski definition) is 2. The van der Waals surface area contributed by atoms with Gasteiger partial charge in [0.1, 0.15) is 11.6 Å². The van der Waals surface area contributed by atoms with E-state index in [1.165, 1.54) is 12.1 Å². The summed E-state index contributed by atoms with van der Waals surface area (Å²) in [6.45, 7) is 0.213. The molecule has 5 nitrogen and oxygen atoms in total. The van der Waals surface area contributed by atoms with E-state index in [1.807, 2.05) is 30.3 Å². The number of carbonyl (C=O) groups excluding carboxylic acids is 1. The lowest BCUT2D eigenvalue weighted by Gasteiger charge is -2.12. The molecule has 0 saturated heterocycles. The molecule has 1 heterocycles. The van der Waals surface area contributed by atoms with Gasteiger partial charge in [-0.05, 0) is 48.0 Å². The van der Waals surface area contributed by atoms with E-state index in [4.69, 9.17) is 21.3 Å². The number of nitrogens with one attached hydrogen (secondary N) is 2. The topological polar surface area (TPSA) is 63.2 Å². The SMILES string of the molecule is COc1cc(-c2cccc(Cl)c2)nc2ccc(NC(=O)NCc3cccc(F)c3)cc12. The number of halogens is 2. The van der Waals surface area contributed by atoms with E-state index in [1.54, 1.807) is 37.4 Å². The minimum Gasteiger partial charge on any atom is -0.496 e. The van der Waals surface area contributed by atoms with Crippen LogP contribution in [0.4, 0.5) is 14.9 Å². The summed E-state index contributed by atoms with van der Waals surface area (Å²) in [6.07, 6.45) is 0. The highest BCUT2D eigenvalue weighted by molar-refractivity contribution is 6.30. The Bertz CT molecular complexity index is 1260. The van der Waals surface area contributed by atoms with Gasteiger partial charge in [0, 0.05) is 34.3 Å². The standard InChI is InChI=1S/C24H19ClFN3O2/c1-31-23-13-22(16-5-3-6-17(25)11-16)29-21-9-8-19(12-20(21)23)28-24(30)27-14-15-4-2-7-18(26)10-15/h2-13H,14H2,1H3,(H2,27,28,30). The number of fused-ring (bicyclic) bond motifs is 1. The fourth-order valence-electron chi connectivity index (χ4n) is 3.24. The summed E-state index contributed by atoms with van der Waals surface area (Å²) in [5.74, 6) is 0.287. The van der Waals surface area contributed by atoms with Crippen LogP contribution in [0.15, 0.2) is 72.8 Å². The van der Waals surface area contributed by atoms with Gasteiger partial charge in [0.25, 0.3) is 0 Å². The number of methoxy groups -OCH3 is 1. The first kappa shape index (κ1) is 20.6. The lowest BCUT2D eigenvalue weighted by Crippen LogP contribution is -2.28. The molecule has 0 fully saturated rings. The van der Waals surface area contributed by atoms with Crippen LogP contribution in [-0.2, 0) is 6.54 Å². The van der Waals surface area contributed by atoms with Crippen molar-refractivity contribution < 1.29 is 13.9 Å². The molecule has 4 aromatic rings. The molecule has 0 atom stereocenters. The predicted octanol–water partition coefficient (Wildman–Crippen LogP) is 6.02. The van der Waals surface area contributed by atoms with E-state index in [0.717, 1.165) is 22.2 Å². The first-order valence-corrected chi connectivity index (χ1v) is 9.93. The third-order valence-electron chi connectivity index (χ3n) is 4.71. The van der Waals surface area contributed by atoms with E-state index in [2.05, 4.69) is 10.6 Å². The number of anilines is 1. The van der Waals surface area contributed by atoms with E-state index in [-0.39, 0.29) is 12.4 Å². The average Bonchev–Trinajstić information content (AvgIpc) is 2.77.